The number of likely N-dealkylation sites (N-methyl/N-ethyl adjacent to an activating group) is 1. The molecule has 2 aliphatic rings. The van der Waals surface area contributed by atoms with E-state index in [0.717, 1.165) is 38.8 Å². The molecule has 1 heterocycles. The SMILES string of the molecule is CN(C1CCCCC1O)S(=O)(=O)C1CCNCC1. The zero-order valence-electron chi connectivity index (χ0n) is 11.0. The van der Waals surface area contributed by atoms with E-state index in [2.05, 4.69) is 5.32 Å². The normalized spacial score (nSPS) is 31.7. The second-order valence-corrected chi connectivity index (χ2v) is 7.70. The molecular weight excluding hydrogens is 252 g/mol. The molecule has 2 N–H and O–H groups in total. The minimum Gasteiger partial charge on any atom is -0.391 e. The van der Waals surface area contributed by atoms with Gasteiger partial charge in [0.1, 0.15) is 0 Å². The van der Waals surface area contributed by atoms with Crippen molar-refractivity contribution in [1.29, 1.82) is 0 Å². The molecule has 106 valence electrons. The molecule has 1 aliphatic carbocycles. The van der Waals surface area contributed by atoms with Gasteiger partial charge in [-0.2, -0.15) is 4.31 Å². The van der Waals surface area contributed by atoms with Crippen molar-refractivity contribution in [2.24, 2.45) is 0 Å². The molecule has 5 nitrogen and oxygen atoms in total. The van der Waals surface area contributed by atoms with Gasteiger partial charge in [0, 0.05) is 7.05 Å². The molecule has 1 saturated carbocycles. The molecule has 6 heteroatoms. The molecule has 0 aromatic rings. The van der Waals surface area contributed by atoms with E-state index in [1.165, 1.54) is 4.31 Å². The summed E-state index contributed by atoms with van der Waals surface area (Å²) in [6.07, 6.45) is 4.36. The predicted octanol–water partition coefficient (Wildman–Crippen LogP) is 0.304. The van der Waals surface area contributed by atoms with Crippen molar-refractivity contribution in [3.63, 3.8) is 0 Å². The van der Waals surface area contributed by atoms with Gasteiger partial charge in [-0.1, -0.05) is 12.8 Å². The summed E-state index contributed by atoms with van der Waals surface area (Å²) in [5.74, 6) is 0. The highest BCUT2D eigenvalue weighted by Gasteiger charge is 2.38. The summed E-state index contributed by atoms with van der Waals surface area (Å²) in [7, 11) is -1.63. The number of rotatable bonds is 3. The van der Waals surface area contributed by atoms with E-state index >= 15 is 0 Å². The molecule has 0 amide bonds. The van der Waals surface area contributed by atoms with Crippen LogP contribution in [0.5, 0.6) is 0 Å². The number of nitrogens with zero attached hydrogens (tertiary/aromatic N) is 1. The Bertz CT molecular complexity index is 366. The van der Waals surface area contributed by atoms with Crippen LogP contribution in [0.15, 0.2) is 0 Å². The quantitative estimate of drug-likeness (QED) is 0.778. The third kappa shape index (κ3) is 2.87. The van der Waals surface area contributed by atoms with Crippen LogP contribution in [-0.2, 0) is 10.0 Å². The van der Waals surface area contributed by atoms with E-state index in [0.29, 0.717) is 12.8 Å². The Hall–Kier alpha value is -0.170. The summed E-state index contributed by atoms with van der Waals surface area (Å²) in [4.78, 5) is 0. The number of aliphatic hydroxyl groups is 1. The minimum absolute atomic E-state index is 0.223. The van der Waals surface area contributed by atoms with Crippen LogP contribution >= 0.6 is 0 Å². The highest BCUT2D eigenvalue weighted by Crippen LogP contribution is 2.27. The largest absolute Gasteiger partial charge is 0.391 e. The van der Waals surface area contributed by atoms with Crippen LogP contribution in [0.1, 0.15) is 38.5 Å². The average Bonchev–Trinajstić information content (AvgIpc) is 2.39. The Balaban J connectivity index is 2.07. The topological polar surface area (TPSA) is 69.6 Å². The fraction of sp³-hybridized carbons (Fsp3) is 1.00. The molecule has 0 aromatic heterocycles. The van der Waals surface area contributed by atoms with Crippen molar-refractivity contribution in [3.8, 4) is 0 Å². The second-order valence-electron chi connectivity index (χ2n) is 5.43. The zero-order chi connectivity index (χ0) is 13.2. The monoisotopic (exact) mass is 276 g/mol. The maximum Gasteiger partial charge on any atom is 0.217 e. The molecule has 18 heavy (non-hydrogen) atoms. The number of sulfonamides is 1. The highest BCUT2D eigenvalue weighted by molar-refractivity contribution is 7.89. The van der Waals surface area contributed by atoms with Crippen molar-refractivity contribution in [2.45, 2.75) is 55.9 Å². The number of aliphatic hydroxyl groups excluding tert-OH is 1. The summed E-state index contributed by atoms with van der Waals surface area (Å²) in [5.41, 5.74) is 0. The fourth-order valence-corrected chi connectivity index (χ4v) is 4.96. The van der Waals surface area contributed by atoms with Gasteiger partial charge in [0.05, 0.1) is 17.4 Å². The molecule has 2 unspecified atom stereocenters. The van der Waals surface area contributed by atoms with Crippen LogP contribution in [0.4, 0.5) is 0 Å². The van der Waals surface area contributed by atoms with E-state index in [-0.39, 0.29) is 11.3 Å². The predicted molar refractivity (Wildman–Crippen MR) is 70.8 cm³/mol. The first-order valence-corrected chi connectivity index (χ1v) is 8.39. The smallest absolute Gasteiger partial charge is 0.217 e. The van der Waals surface area contributed by atoms with Gasteiger partial charge in [0.2, 0.25) is 10.0 Å². The first kappa shape index (κ1) is 14.2. The summed E-state index contributed by atoms with van der Waals surface area (Å²) < 4.78 is 26.5. The summed E-state index contributed by atoms with van der Waals surface area (Å²) in [5, 5.41) is 12.9. The lowest BCUT2D eigenvalue weighted by atomic mass is 9.93. The fourth-order valence-electron chi connectivity index (χ4n) is 3.03. The molecule has 0 bridgehead atoms. The lowest BCUT2D eigenvalue weighted by Gasteiger charge is -2.37. The van der Waals surface area contributed by atoms with Gasteiger partial charge >= 0.3 is 0 Å². The van der Waals surface area contributed by atoms with Crippen LogP contribution in [0.3, 0.4) is 0 Å². The highest BCUT2D eigenvalue weighted by atomic mass is 32.2. The molecule has 1 saturated heterocycles. The van der Waals surface area contributed by atoms with Crippen LogP contribution < -0.4 is 5.32 Å². The van der Waals surface area contributed by atoms with Crippen LogP contribution in [0, 0.1) is 0 Å². The molecule has 1 aliphatic heterocycles. The van der Waals surface area contributed by atoms with E-state index in [1.54, 1.807) is 7.05 Å². The van der Waals surface area contributed by atoms with E-state index in [9.17, 15) is 13.5 Å². The summed E-state index contributed by atoms with van der Waals surface area (Å²) >= 11 is 0. The van der Waals surface area contributed by atoms with Gasteiger partial charge in [-0.25, -0.2) is 8.42 Å². The zero-order valence-corrected chi connectivity index (χ0v) is 11.8. The second kappa shape index (κ2) is 5.86. The van der Waals surface area contributed by atoms with Gasteiger partial charge in [-0.15, -0.1) is 0 Å². The standard InChI is InChI=1S/C12H24N2O3S/c1-14(11-4-2-3-5-12(11)15)18(16,17)10-6-8-13-9-7-10/h10-13,15H,2-9H2,1H3. The van der Waals surface area contributed by atoms with Crippen molar-refractivity contribution in [3.05, 3.63) is 0 Å². The Morgan fingerprint density at radius 1 is 1.11 bits per heavy atom. The molecule has 2 fully saturated rings. The van der Waals surface area contributed by atoms with Crippen molar-refractivity contribution >= 4 is 10.0 Å². The van der Waals surface area contributed by atoms with E-state index in [4.69, 9.17) is 0 Å². The Morgan fingerprint density at radius 3 is 2.33 bits per heavy atom. The van der Waals surface area contributed by atoms with Gasteiger partial charge in [-0.05, 0) is 38.8 Å². The third-order valence-electron chi connectivity index (χ3n) is 4.27. The maximum atomic E-state index is 12.5. The lowest BCUT2D eigenvalue weighted by molar-refractivity contribution is 0.0633. The van der Waals surface area contributed by atoms with Crippen molar-refractivity contribution < 1.29 is 13.5 Å². The molecule has 0 spiro atoms. The van der Waals surface area contributed by atoms with Gasteiger partial charge in [0.25, 0.3) is 0 Å². The first-order valence-electron chi connectivity index (χ1n) is 6.89. The van der Waals surface area contributed by atoms with Gasteiger partial charge < -0.3 is 10.4 Å². The summed E-state index contributed by atoms with van der Waals surface area (Å²) in [6.45, 7) is 1.54. The maximum absolute atomic E-state index is 12.5. The number of hydrogen-bond acceptors (Lipinski definition) is 4. The minimum atomic E-state index is -3.26. The van der Waals surface area contributed by atoms with Crippen molar-refractivity contribution in [2.75, 3.05) is 20.1 Å². The molecule has 2 atom stereocenters. The number of piperidine rings is 1. The van der Waals surface area contributed by atoms with Gasteiger partial charge in [0.15, 0.2) is 0 Å². The molecular formula is C12H24N2O3S. The Labute approximate surface area is 110 Å². The van der Waals surface area contributed by atoms with E-state index < -0.39 is 16.1 Å². The van der Waals surface area contributed by atoms with Crippen LogP contribution in [0.25, 0.3) is 0 Å². The van der Waals surface area contributed by atoms with Crippen LogP contribution in [-0.4, -0.2) is 55.4 Å². The van der Waals surface area contributed by atoms with Crippen molar-refractivity contribution in [1.82, 2.24) is 9.62 Å². The number of nitrogens with one attached hydrogen (secondary N) is 1. The Kier molecular flexibility index (Phi) is 4.64. The average molecular weight is 276 g/mol. The number of hydrogen-bond donors (Lipinski definition) is 2. The molecule has 0 aromatic carbocycles. The summed E-state index contributed by atoms with van der Waals surface area (Å²) in [6, 6.07) is -0.223. The lowest BCUT2D eigenvalue weighted by Crippen LogP contribution is -2.51. The van der Waals surface area contributed by atoms with Gasteiger partial charge in [-0.3, -0.25) is 0 Å². The third-order valence-corrected chi connectivity index (χ3v) is 6.66. The first-order chi connectivity index (χ1) is 8.53. The van der Waals surface area contributed by atoms with E-state index in [1.807, 2.05) is 0 Å². The molecule has 2 rings (SSSR count). The van der Waals surface area contributed by atoms with Crippen LogP contribution in [0.2, 0.25) is 0 Å². The Morgan fingerprint density at radius 2 is 1.72 bits per heavy atom. The molecule has 0 radical (unpaired) electrons.